The maximum absolute atomic E-state index is 14.7. The minimum atomic E-state index is -3.59. The van der Waals surface area contributed by atoms with Gasteiger partial charge in [0.15, 0.2) is 11.4 Å². The first kappa shape index (κ1) is 38.3. The lowest BCUT2D eigenvalue weighted by molar-refractivity contribution is -0.118. The molecule has 3 aliphatic heterocycles. The standard InChI is InChI=1S/C39H50ClN7O6S/c1-26-8-7-10-34(51-3)32-15-12-30(32)21-46-20-29-11-14-31(40)18-27(29)9-5-6-17-53-35-16-13-28(19-33(35)46)36(48)43-54(50,22-26)44-38(49)47-23-39(24-47,52-4)37-41-25-42-45(37)2/h7,10-11,13-14,16,18-19,25-26,30,32,34H,5-6,8-9,12,15,17,20-24H2,1-4H3,(H,43,44,48,49,50)/b10-7+/t26-,30-,32+,34-,54?/m0/s1. The van der Waals surface area contributed by atoms with Gasteiger partial charge in [-0.05, 0) is 97.7 Å². The molecule has 290 valence electrons. The van der Waals surface area contributed by atoms with Crippen molar-refractivity contribution in [2.24, 2.45) is 29.2 Å². The van der Waals surface area contributed by atoms with Gasteiger partial charge in [0.25, 0.3) is 5.91 Å². The van der Waals surface area contributed by atoms with Gasteiger partial charge in [-0.25, -0.2) is 14.0 Å². The molecule has 4 heterocycles. The lowest BCUT2D eigenvalue weighted by Crippen LogP contribution is -2.65. The van der Waals surface area contributed by atoms with Crippen molar-refractivity contribution >= 4 is 39.1 Å². The number of ether oxygens (including phenoxy) is 3. The van der Waals surface area contributed by atoms with Crippen LogP contribution >= 0.6 is 11.6 Å². The molecule has 54 heavy (non-hydrogen) atoms. The minimum absolute atomic E-state index is 0.0232. The second-order valence-corrected chi connectivity index (χ2v) is 17.6. The summed E-state index contributed by atoms with van der Waals surface area (Å²) in [5.41, 5.74) is 2.55. The van der Waals surface area contributed by atoms with Crippen LogP contribution in [0.5, 0.6) is 5.75 Å². The summed E-state index contributed by atoms with van der Waals surface area (Å²) in [6, 6.07) is 10.8. The van der Waals surface area contributed by atoms with Gasteiger partial charge in [-0.2, -0.15) is 5.10 Å². The number of nitrogens with zero attached hydrogens (tertiary/aromatic N) is 6. The van der Waals surface area contributed by atoms with Crippen molar-refractivity contribution in [3.05, 3.63) is 82.4 Å². The van der Waals surface area contributed by atoms with Gasteiger partial charge < -0.3 is 24.0 Å². The van der Waals surface area contributed by atoms with E-state index in [9.17, 15) is 13.8 Å². The Hall–Kier alpha value is -3.98. The number of carbonyl (C=O) groups excluding carboxylic acids is 2. The summed E-state index contributed by atoms with van der Waals surface area (Å²) in [5, 5.41) is 4.85. The third-order valence-electron chi connectivity index (χ3n) is 11.3. The Bertz CT molecular complexity index is 2020. The number of amides is 3. The molecule has 0 radical (unpaired) electrons. The molecule has 2 bridgehead atoms. The SMILES string of the molecule is CO[C@H]1/C=C/C[C@H](C)CS(=O)(NC(=O)N2CC(OC)(c3ncnn3C)C2)=NC(=O)c2ccc3c(c2)N(Cc2ccc(Cl)cc2CCCCO3)C[C@@H]2CC[C@H]21. The number of fused-ring (bicyclic) bond motifs is 3. The Kier molecular flexibility index (Phi) is 11.4. The second-order valence-electron chi connectivity index (χ2n) is 15.1. The zero-order valence-corrected chi connectivity index (χ0v) is 33.0. The van der Waals surface area contributed by atoms with Crippen LogP contribution in [0, 0.1) is 17.8 Å². The molecule has 1 unspecified atom stereocenters. The van der Waals surface area contributed by atoms with Gasteiger partial charge in [0.2, 0.25) is 0 Å². The fraction of sp³-hybridized carbons (Fsp3) is 0.538. The van der Waals surface area contributed by atoms with E-state index in [1.165, 1.54) is 22.4 Å². The molecule has 0 spiro atoms. The number of allylic oxidation sites excluding steroid dienone is 1. The summed E-state index contributed by atoms with van der Waals surface area (Å²) >= 11 is 6.48. The number of likely N-dealkylation sites (tertiary alicyclic amines) is 1. The van der Waals surface area contributed by atoms with Gasteiger partial charge in [-0.1, -0.05) is 36.7 Å². The highest BCUT2D eigenvalue weighted by Gasteiger charge is 2.50. The molecule has 4 aliphatic rings. The first-order valence-corrected chi connectivity index (χ1v) is 20.8. The molecule has 1 saturated carbocycles. The molecule has 3 aromatic rings. The highest BCUT2D eigenvalue weighted by molar-refractivity contribution is 7.92. The Morgan fingerprint density at radius 1 is 1.11 bits per heavy atom. The van der Waals surface area contributed by atoms with Crippen LogP contribution in [0.25, 0.3) is 0 Å². The van der Waals surface area contributed by atoms with Crippen molar-refractivity contribution in [1.82, 2.24) is 24.4 Å². The fourth-order valence-corrected chi connectivity index (χ4v) is 10.2. The molecule has 1 aromatic heterocycles. The molecule has 2 aromatic carbocycles. The number of methoxy groups -OCH3 is 2. The van der Waals surface area contributed by atoms with Crippen molar-refractivity contribution in [1.29, 1.82) is 0 Å². The van der Waals surface area contributed by atoms with Crippen molar-refractivity contribution in [3.63, 3.8) is 0 Å². The van der Waals surface area contributed by atoms with Crippen molar-refractivity contribution in [3.8, 4) is 5.75 Å². The van der Waals surface area contributed by atoms with Crippen LogP contribution in [0.1, 0.15) is 66.3 Å². The average Bonchev–Trinajstić information content (AvgIpc) is 3.53. The van der Waals surface area contributed by atoms with Gasteiger partial charge in [-0.15, -0.1) is 4.36 Å². The van der Waals surface area contributed by atoms with Crippen LogP contribution in [0.4, 0.5) is 10.5 Å². The molecule has 1 N–H and O–H groups in total. The zero-order chi connectivity index (χ0) is 38.0. The number of urea groups is 1. The summed E-state index contributed by atoms with van der Waals surface area (Å²) < 4.78 is 41.5. The lowest BCUT2D eigenvalue weighted by Gasteiger charge is -2.47. The van der Waals surface area contributed by atoms with E-state index in [0.717, 1.165) is 44.3 Å². The topological polar surface area (TPSA) is 140 Å². The molecule has 1 aliphatic carbocycles. The molecule has 7 rings (SSSR count). The molecule has 1 saturated heterocycles. The predicted molar refractivity (Wildman–Crippen MR) is 207 cm³/mol. The van der Waals surface area contributed by atoms with Gasteiger partial charge in [0, 0.05) is 44.9 Å². The van der Waals surface area contributed by atoms with E-state index in [0.29, 0.717) is 48.0 Å². The van der Waals surface area contributed by atoms with Crippen LogP contribution < -0.4 is 14.4 Å². The largest absolute Gasteiger partial charge is 0.491 e. The molecule has 3 amide bonds. The van der Waals surface area contributed by atoms with Crippen LogP contribution in [0.2, 0.25) is 5.02 Å². The quantitative estimate of drug-likeness (QED) is 0.320. The number of benzene rings is 2. The van der Waals surface area contributed by atoms with Crippen LogP contribution in [0.15, 0.2) is 59.2 Å². The van der Waals surface area contributed by atoms with E-state index in [1.54, 1.807) is 38.1 Å². The highest BCUT2D eigenvalue weighted by atomic mass is 35.5. The van der Waals surface area contributed by atoms with Gasteiger partial charge in [0.1, 0.15) is 22.0 Å². The molecular formula is C39H50ClN7O6S. The summed E-state index contributed by atoms with van der Waals surface area (Å²) in [5.74, 6) is 1.04. The first-order valence-electron chi connectivity index (χ1n) is 18.7. The number of aromatic nitrogens is 3. The molecule has 2 fully saturated rings. The van der Waals surface area contributed by atoms with E-state index in [2.05, 4.69) is 48.4 Å². The third-order valence-corrected chi connectivity index (χ3v) is 13.6. The first-order chi connectivity index (χ1) is 26.0. The maximum Gasteiger partial charge on any atom is 0.330 e. The monoisotopic (exact) mass is 779 g/mol. The number of aryl methyl sites for hydroxylation is 2. The number of carbonyl (C=O) groups is 2. The molecular weight excluding hydrogens is 730 g/mol. The highest BCUT2D eigenvalue weighted by Crippen LogP contribution is 2.42. The number of rotatable bonds is 4. The number of halogens is 1. The number of hydrogen-bond donors (Lipinski definition) is 1. The molecule has 5 atom stereocenters. The van der Waals surface area contributed by atoms with E-state index in [-0.39, 0.29) is 36.4 Å². The summed E-state index contributed by atoms with van der Waals surface area (Å²) in [4.78, 5) is 35.9. The minimum Gasteiger partial charge on any atom is -0.491 e. The Labute approximate surface area is 322 Å². The molecule has 13 nitrogen and oxygen atoms in total. The van der Waals surface area contributed by atoms with E-state index < -0.39 is 27.5 Å². The second kappa shape index (κ2) is 16.0. The third kappa shape index (κ3) is 8.02. The average molecular weight is 780 g/mol. The van der Waals surface area contributed by atoms with Crippen molar-refractivity contribution in [2.45, 2.75) is 63.7 Å². The van der Waals surface area contributed by atoms with Crippen LogP contribution in [-0.4, -0.2) is 88.1 Å². The maximum atomic E-state index is 14.7. The van der Waals surface area contributed by atoms with Gasteiger partial charge >= 0.3 is 6.03 Å². The van der Waals surface area contributed by atoms with Gasteiger partial charge in [-0.3, -0.25) is 14.2 Å². The summed E-state index contributed by atoms with van der Waals surface area (Å²) in [6.07, 6.45) is 10.9. The zero-order valence-electron chi connectivity index (χ0n) is 31.4. The fourth-order valence-electron chi connectivity index (χ4n) is 8.16. The Morgan fingerprint density at radius 3 is 2.67 bits per heavy atom. The summed E-state index contributed by atoms with van der Waals surface area (Å²) in [7, 11) is 1.48. The number of anilines is 1. The van der Waals surface area contributed by atoms with E-state index in [4.69, 9.17) is 25.8 Å². The van der Waals surface area contributed by atoms with Gasteiger partial charge in [0.05, 0.1) is 37.2 Å². The van der Waals surface area contributed by atoms with Crippen molar-refractivity contribution in [2.75, 3.05) is 51.1 Å². The van der Waals surface area contributed by atoms with E-state index >= 15 is 0 Å². The van der Waals surface area contributed by atoms with Crippen molar-refractivity contribution < 1.29 is 28.0 Å². The number of nitrogens with one attached hydrogen (secondary N) is 1. The number of hydrogen-bond acceptors (Lipinski definition) is 9. The molecule has 15 heteroatoms. The van der Waals surface area contributed by atoms with E-state index in [1.807, 2.05) is 19.1 Å². The van der Waals surface area contributed by atoms with Crippen LogP contribution in [0.3, 0.4) is 0 Å². The summed E-state index contributed by atoms with van der Waals surface area (Å²) in [6.45, 7) is 4.11. The predicted octanol–water partition coefficient (Wildman–Crippen LogP) is 5.92. The lowest BCUT2D eigenvalue weighted by atomic mass is 9.70. The van der Waals surface area contributed by atoms with Crippen LogP contribution in [-0.2, 0) is 45.0 Å². The smallest absolute Gasteiger partial charge is 0.330 e. The Morgan fingerprint density at radius 2 is 1.94 bits per heavy atom. The normalized spacial score (nSPS) is 27.8. The Balaban J connectivity index is 1.25.